The lowest BCUT2D eigenvalue weighted by atomic mass is 10.2. The zero-order chi connectivity index (χ0) is 17.2. The van der Waals surface area contributed by atoms with Crippen LogP contribution in [0.5, 0.6) is 0 Å². The van der Waals surface area contributed by atoms with Crippen molar-refractivity contribution in [2.24, 2.45) is 4.99 Å². The Morgan fingerprint density at radius 2 is 2.04 bits per heavy atom. The highest BCUT2D eigenvalue weighted by atomic mass is 127. The molecule has 1 fully saturated rings. The van der Waals surface area contributed by atoms with E-state index in [1.54, 1.807) is 7.05 Å². The second-order valence-corrected chi connectivity index (χ2v) is 5.94. The van der Waals surface area contributed by atoms with Crippen molar-refractivity contribution in [2.75, 3.05) is 25.5 Å². The number of carbonyl (C=O) groups is 1. The van der Waals surface area contributed by atoms with Gasteiger partial charge in [-0.2, -0.15) is 0 Å². The number of amides is 1. The van der Waals surface area contributed by atoms with E-state index in [4.69, 9.17) is 4.74 Å². The number of halogens is 1. The van der Waals surface area contributed by atoms with Gasteiger partial charge in [-0.3, -0.25) is 9.79 Å². The summed E-state index contributed by atoms with van der Waals surface area (Å²) >= 11 is 0. The van der Waals surface area contributed by atoms with Crippen molar-refractivity contribution < 1.29 is 9.53 Å². The SMILES string of the molecule is CCCC(=O)Nc1ccc(CNC(=NC)NCC2CCCO2)cc1.I. The van der Waals surface area contributed by atoms with Gasteiger partial charge in [-0.05, 0) is 37.0 Å². The smallest absolute Gasteiger partial charge is 0.224 e. The average molecular weight is 460 g/mol. The van der Waals surface area contributed by atoms with Crippen LogP contribution in [-0.2, 0) is 16.1 Å². The highest BCUT2D eigenvalue weighted by Gasteiger charge is 2.15. The summed E-state index contributed by atoms with van der Waals surface area (Å²) in [7, 11) is 1.76. The molecule has 3 N–H and O–H groups in total. The Labute approximate surface area is 167 Å². The van der Waals surface area contributed by atoms with E-state index in [-0.39, 0.29) is 36.0 Å². The number of guanidine groups is 1. The molecular weight excluding hydrogens is 431 g/mol. The Bertz CT molecular complexity index is 543. The largest absolute Gasteiger partial charge is 0.376 e. The summed E-state index contributed by atoms with van der Waals surface area (Å²) < 4.78 is 5.59. The fourth-order valence-electron chi connectivity index (χ4n) is 2.58. The van der Waals surface area contributed by atoms with Crippen LogP contribution in [0.3, 0.4) is 0 Å². The number of nitrogens with one attached hydrogen (secondary N) is 3. The van der Waals surface area contributed by atoms with E-state index < -0.39 is 0 Å². The molecule has 1 aliphatic heterocycles. The molecule has 2 rings (SSSR count). The fourth-order valence-corrected chi connectivity index (χ4v) is 2.58. The monoisotopic (exact) mass is 460 g/mol. The van der Waals surface area contributed by atoms with E-state index in [1.807, 2.05) is 31.2 Å². The van der Waals surface area contributed by atoms with Crippen molar-refractivity contribution in [2.45, 2.75) is 45.3 Å². The summed E-state index contributed by atoms with van der Waals surface area (Å²) in [5.41, 5.74) is 1.96. The molecule has 1 amide bonds. The highest BCUT2D eigenvalue weighted by molar-refractivity contribution is 14.0. The molecule has 6 nitrogen and oxygen atoms in total. The number of ether oxygens (including phenoxy) is 1. The lowest BCUT2D eigenvalue weighted by Crippen LogP contribution is -2.40. The van der Waals surface area contributed by atoms with Gasteiger partial charge in [0.15, 0.2) is 5.96 Å². The quantitative estimate of drug-likeness (QED) is 0.333. The number of hydrogen-bond acceptors (Lipinski definition) is 3. The zero-order valence-electron chi connectivity index (χ0n) is 15.0. The van der Waals surface area contributed by atoms with Crippen molar-refractivity contribution in [1.82, 2.24) is 10.6 Å². The number of anilines is 1. The highest BCUT2D eigenvalue weighted by Crippen LogP contribution is 2.11. The topological polar surface area (TPSA) is 74.8 Å². The number of aliphatic imine (C=N–C) groups is 1. The molecule has 1 aromatic carbocycles. The van der Waals surface area contributed by atoms with Gasteiger partial charge in [-0.15, -0.1) is 24.0 Å². The maximum atomic E-state index is 11.6. The van der Waals surface area contributed by atoms with Gasteiger partial charge in [0, 0.05) is 38.9 Å². The predicted octanol–water partition coefficient (Wildman–Crippen LogP) is 2.89. The van der Waals surface area contributed by atoms with Crippen molar-refractivity contribution in [3.8, 4) is 0 Å². The lowest BCUT2D eigenvalue weighted by Gasteiger charge is -2.15. The molecular formula is C18H29IN4O2. The molecule has 0 saturated carbocycles. The Morgan fingerprint density at radius 1 is 1.28 bits per heavy atom. The van der Waals surface area contributed by atoms with Gasteiger partial charge >= 0.3 is 0 Å². The van der Waals surface area contributed by atoms with Gasteiger partial charge in [-0.25, -0.2) is 0 Å². The van der Waals surface area contributed by atoms with Gasteiger partial charge in [0.25, 0.3) is 0 Å². The van der Waals surface area contributed by atoms with Gasteiger partial charge in [0.2, 0.25) is 5.91 Å². The summed E-state index contributed by atoms with van der Waals surface area (Å²) in [5, 5.41) is 9.46. The molecule has 0 radical (unpaired) electrons. The summed E-state index contributed by atoms with van der Waals surface area (Å²) in [4.78, 5) is 15.8. The zero-order valence-corrected chi connectivity index (χ0v) is 17.3. The molecule has 0 bridgehead atoms. The fraction of sp³-hybridized carbons (Fsp3) is 0.556. The predicted molar refractivity (Wildman–Crippen MR) is 113 cm³/mol. The molecule has 1 heterocycles. The number of rotatable bonds is 7. The molecule has 1 aliphatic rings. The second-order valence-electron chi connectivity index (χ2n) is 5.94. The molecule has 1 saturated heterocycles. The Balaban J connectivity index is 0.00000312. The molecule has 1 aromatic rings. The molecule has 0 spiro atoms. The number of hydrogen-bond donors (Lipinski definition) is 3. The van der Waals surface area contributed by atoms with Crippen molar-refractivity contribution in [1.29, 1.82) is 0 Å². The number of carbonyl (C=O) groups excluding carboxylic acids is 1. The van der Waals surface area contributed by atoms with Crippen LogP contribution in [0.4, 0.5) is 5.69 Å². The van der Waals surface area contributed by atoms with E-state index in [0.717, 1.165) is 49.6 Å². The summed E-state index contributed by atoms with van der Waals surface area (Å²) in [5.74, 6) is 0.827. The normalized spacial score (nSPS) is 16.9. The van der Waals surface area contributed by atoms with E-state index >= 15 is 0 Å². The first-order chi connectivity index (χ1) is 11.7. The number of nitrogens with zero attached hydrogens (tertiary/aromatic N) is 1. The van der Waals surface area contributed by atoms with Crippen molar-refractivity contribution >= 4 is 41.5 Å². The minimum Gasteiger partial charge on any atom is -0.376 e. The van der Waals surface area contributed by atoms with Crippen molar-refractivity contribution in [3.05, 3.63) is 29.8 Å². The molecule has 1 unspecified atom stereocenters. The molecule has 0 aromatic heterocycles. The molecule has 7 heteroatoms. The molecule has 25 heavy (non-hydrogen) atoms. The Hall–Kier alpha value is -1.35. The minimum absolute atomic E-state index is 0. The van der Waals surface area contributed by atoms with Crippen LogP contribution in [0, 0.1) is 0 Å². The maximum absolute atomic E-state index is 11.6. The van der Waals surface area contributed by atoms with Crippen LogP contribution in [0.2, 0.25) is 0 Å². The Morgan fingerprint density at radius 3 is 2.64 bits per heavy atom. The summed E-state index contributed by atoms with van der Waals surface area (Å²) in [6, 6.07) is 7.85. The van der Waals surface area contributed by atoms with Crippen LogP contribution >= 0.6 is 24.0 Å². The molecule has 1 atom stereocenters. The third-order valence-corrected chi connectivity index (χ3v) is 3.92. The van der Waals surface area contributed by atoms with Gasteiger partial charge in [0.1, 0.15) is 0 Å². The standard InChI is InChI=1S/C18H28N4O2.HI/c1-3-5-17(23)22-15-9-7-14(8-10-15)12-20-18(19-2)21-13-16-6-4-11-24-16;/h7-10,16H,3-6,11-13H2,1-2H3,(H,22,23)(H2,19,20,21);1H. The Kier molecular flexibility index (Phi) is 10.5. The van der Waals surface area contributed by atoms with Crippen LogP contribution in [0.1, 0.15) is 38.2 Å². The van der Waals surface area contributed by atoms with Gasteiger partial charge in [0.05, 0.1) is 6.10 Å². The van der Waals surface area contributed by atoms with Crippen molar-refractivity contribution in [3.63, 3.8) is 0 Å². The first-order valence-corrected chi connectivity index (χ1v) is 8.66. The van der Waals surface area contributed by atoms with Crippen LogP contribution in [-0.4, -0.2) is 38.2 Å². The van der Waals surface area contributed by atoms with E-state index in [0.29, 0.717) is 13.0 Å². The van der Waals surface area contributed by atoms with E-state index in [9.17, 15) is 4.79 Å². The third-order valence-electron chi connectivity index (χ3n) is 3.92. The third kappa shape index (κ3) is 8.04. The number of benzene rings is 1. The van der Waals surface area contributed by atoms with E-state index in [1.165, 1.54) is 0 Å². The maximum Gasteiger partial charge on any atom is 0.224 e. The molecule has 140 valence electrons. The second kappa shape index (κ2) is 12.1. The van der Waals surface area contributed by atoms with Gasteiger partial charge < -0.3 is 20.7 Å². The summed E-state index contributed by atoms with van der Waals surface area (Å²) in [6.45, 7) is 4.31. The van der Waals surface area contributed by atoms with Crippen LogP contribution in [0.15, 0.2) is 29.3 Å². The van der Waals surface area contributed by atoms with Crippen LogP contribution in [0.25, 0.3) is 0 Å². The average Bonchev–Trinajstić information content (AvgIpc) is 3.10. The van der Waals surface area contributed by atoms with E-state index in [2.05, 4.69) is 20.9 Å². The first kappa shape index (κ1) is 21.7. The van der Waals surface area contributed by atoms with Crippen LogP contribution < -0.4 is 16.0 Å². The van der Waals surface area contributed by atoms with Gasteiger partial charge in [-0.1, -0.05) is 19.1 Å². The molecule has 0 aliphatic carbocycles. The summed E-state index contributed by atoms with van der Waals surface area (Å²) in [6.07, 6.45) is 3.94. The first-order valence-electron chi connectivity index (χ1n) is 8.66. The lowest BCUT2D eigenvalue weighted by molar-refractivity contribution is -0.116. The minimum atomic E-state index is 0.